The average molecular weight is 397 g/mol. The maximum atomic E-state index is 12.8. The van der Waals surface area contributed by atoms with Gasteiger partial charge in [-0.1, -0.05) is 39.0 Å². The van der Waals surface area contributed by atoms with Crippen LogP contribution in [0.5, 0.6) is 0 Å². The second kappa shape index (κ2) is 6.68. The van der Waals surface area contributed by atoms with Crippen LogP contribution >= 0.6 is 0 Å². The lowest BCUT2D eigenvalue weighted by Gasteiger charge is -2.39. The van der Waals surface area contributed by atoms with Crippen molar-refractivity contribution < 1.29 is 14.3 Å². The Hall–Kier alpha value is -2.70. The molecule has 0 radical (unpaired) electrons. The van der Waals surface area contributed by atoms with E-state index in [1.807, 2.05) is 4.90 Å². The van der Waals surface area contributed by atoms with Crippen LogP contribution in [0, 0.1) is 10.8 Å². The second-order valence-electron chi connectivity index (χ2n) is 9.63. The predicted octanol–water partition coefficient (Wildman–Crippen LogP) is 2.52. The lowest BCUT2D eigenvalue weighted by Crippen LogP contribution is -2.40. The molecule has 2 heterocycles. The maximum absolute atomic E-state index is 12.8. The van der Waals surface area contributed by atoms with Gasteiger partial charge >= 0.3 is 5.97 Å². The van der Waals surface area contributed by atoms with Gasteiger partial charge in [0.05, 0.1) is 5.39 Å². The highest BCUT2D eigenvalue weighted by Gasteiger charge is 2.50. The monoisotopic (exact) mass is 397 g/mol. The summed E-state index contributed by atoms with van der Waals surface area (Å²) in [5.74, 6) is -0.863. The second-order valence-corrected chi connectivity index (χ2v) is 9.63. The van der Waals surface area contributed by atoms with Gasteiger partial charge < -0.3 is 9.64 Å². The molecule has 1 saturated carbocycles. The molecule has 0 unspecified atom stereocenters. The van der Waals surface area contributed by atoms with Crippen molar-refractivity contribution in [3.05, 3.63) is 40.3 Å². The Labute approximate surface area is 169 Å². The molecule has 7 heteroatoms. The number of esters is 1. The van der Waals surface area contributed by atoms with E-state index in [1.165, 1.54) is 7.05 Å². The normalized spacial score (nSPS) is 25.2. The van der Waals surface area contributed by atoms with Gasteiger partial charge in [-0.05, 0) is 36.2 Å². The summed E-state index contributed by atoms with van der Waals surface area (Å²) in [7, 11) is 1.49. The molecule has 1 aliphatic heterocycles. The highest BCUT2D eigenvalue weighted by Crippen LogP contribution is 2.52. The number of likely N-dealkylation sites (tertiary alicyclic amines) is 1. The zero-order valence-electron chi connectivity index (χ0n) is 17.4. The van der Waals surface area contributed by atoms with Crippen molar-refractivity contribution in [1.82, 2.24) is 14.7 Å². The zero-order chi connectivity index (χ0) is 21.0. The molecule has 154 valence electrons. The number of nitrogens with zero attached hydrogens (tertiary/aromatic N) is 3. The van der Waals surface area contributed by atoms with E-state index >= 15 is 0 Å². The smallest absolute Gasteiger partial charge is 0.359 e. The number of carbonyl (C=O) groups is 2. The molecule has 0 N–H and O–H groups in total. The van der Waals surface area contributed by atoms with Crippen LogP contribution in [0.1, 0.15) is 50.5 Å². The molecule has 4 rings (SSSR count). The molecule has 1 saturated heterocycles. The van der Waals surface area contributed by atoms with Crippen molar-refractivity contribution >= 4 is 22.6 Å². The molecule has 2 bridgehead atoms. The maximum Gasteiger partial charge on any atom is 0.359 e. The van der Waals surface area contributed by atoms with Gasteiger partial charge in [-0.15, -0.1) is 0 Å². The predicted molar refractivity (Wildman–Crippen MR) is 109 cm³/mol. The van der Waals surface area contributed by atoms with Crippen LogP contribution in [-0.2, 0) is 16.6 Å². The standard InChI is InChI=1S/C22H27N3O4/c1-21(2)9-14-10-22(3,12-21)13-25(14)17(26)11-29-20(28)18-15-7-5-6-8-16(15)19(27)24(4)23-18/h5-8,14H,9-13H2,1-4H3/t14-,22-/m1/s1. The number of rotatable bonds is 3. The summed E-state index contributed by atoms with van der Waals surface area (Å²) >= 11 is 0. The van der Waals surface area contributed by atoms with E-state index in [2.05, 4.69) is 25.9 Å². The van der Waals surface area contributed by atoms with Crippen molar-refractivity contribution in [2.75, 3.05) is 13.2 Å². The largest absolute Gasteiger partial charge is 0.451 e. The summed E-state index contributed by atoms with van der Waals surface area (Å²) in [6.45, 7) is 7.13. The lowest BCUT2D eigenvalue weighted by atomic mass is 9.65. The summed E-state index contributed by atoms with van der Waals surface area (Å²) in [6, 6.07) is 6.98. The summed E-state index contributed by atoms with van der Waals surface area (Å²) < 4.78 is 6.45. The van der Waals surface area contributed by atoms with Crippen molar-refractivity contribution in [2.24, 2.45) is 17.9 Å². The summed E-state index contributed by atoms with van der Waals surface area (Å²) in [5.41, 5.74) is 0.0972. The molecule has 2 aliphatic rings. The van der Waals surface area contributed by atoms with E-state index < -0.39 is 5.97 Å². The SMILES string of the molecule is Cn1nc(C(=O)OCC(=O)N2C[C@]3(C)C[C@H]2CC(C)(C)C3)c2ccccc2c1=O. The van der Waals surface area contributed by atoms with E-state index in [0.717, 1.165) is 23.9 Å². The minimum Gasteiger partial charge on any atom is -0.451 e. The van der Waals surface area contributed by atoms with Gasteiger partial charge in [-0.25, -0.2) is 9.48 Å². The van der Waals surface area contributed by atoms with E-state index in [0.29, 0.717) is 17.3 Å². The number of carbonyl (C=O) groups excluding carboxylic acids is 2. The molecule has 1 aromatic heterocycles. The number of hydrogen-bond donors (Lipinski definition) is 0. The van der Waals surface area contributed by atoms with Gasteiger partial charge in [0.25, 0.3) is 11.5 Å². The Morgan fingerprint density at radius 1 is 1.17 bits per heavy atom. The third kappa shape index (κ3) is 3.54. The van der Waals surface area contributed by atoms with Gasteiger partial charge in [0, 0.05) is 25.0 Å². The number of aryl methyl sites for hydroxylation is 1. The Balaban J connectivity index is 1.50. The minimum atomic E-state index is -0.695. The molecule has 7 nitrogen and oxygen atoms in total. The van der Waals surface area contributed by atoms with Crippen molar-refractivity contribution in [3.63, 3.8) is 0 Å². The number of aromatic nitrogens is 2. The summed E-state index contributed by atoms with van der Waals surface area (Å²) in [5, 5.41) is 4.89. The molecular formula is C22H27N3O4. The summed E-state index contributed by atoms with van der Waals surface area (Å²) in [4.78, 5) is 39.6. The number of fused-ring (bicyclic) bond motifs is 3. The minimum absolute atomic E-state index is 0.0451. The Morgan fingerprint density at radius 3 is 2.59 bits per heavy atom. The first-order valence-corrected chi connectivity index (χ1v) is 10.0. The van der Waals surface area contributed by atoms with Crippen molar-refractivity contribution in [1.29, 1.82) is 0 Å². The van der Waals surface area contributed by atoms with E-state index in [4.69, 9.17) is 4.74 Å². The van der Waals surface area contributed by atoms with Crippen LogP contribution in [0.4, 0.5) is 0 Å². The van der Waals surface area contributed by atoms with Crippen LogP contribution < -0.4 is 5.56 Å². The third-order valence-electron chi connectivity index (χ3n) is 6.21. The zero-order valence-corrected chi connectivity index (χ0v) is 17.4. The molecule has 2 atom stereocenters. The molecule has 2 aromatic rings. The molecule has 1 aliphatic carbocycles. The van der Waals surface area contributed by atoms with Gasteiger partial charge in [0.15, 0.2) is 12.3 Å². The lowest BCUT2D eigenvalue weighted by molar-refractivity contribution is -0.135. The van der Waals surface area contributed by atoms with Crippen LogP contribution in [0.15, 0.2) is 29.1 Å². The highest BCUT2D eigenvalue weighted by atomic mass is 16.5. The molecule has 1 aromatic carbocycles. The van der Waals surface area contributed by atoms with E-state index in [9.17, 15) is 14.4 Å². The molecule has 2 fully saturated rings. The average Bonchev–Trinajstić information content (AvgIpc) is 2.91. The molecule has 0 spiro atoms. The molecule has 29 heavy (non-hydrogen) atoms. The first kappa shape index (κ1) is 19.6. The fourth-order valence-corrected chi connectivity index (χ4v) is 5.48. The molecule has 1 amide bonds. The van der Waals surface area contributed by atoms with Gasteiger partial charge in [-0.2, -0.15) is 5.10 Å². The van der Waals surface area contributed by atoms with Gasteiger partial charge in [-0.3, -0.25) is 9.59 Å². The number of ether oxygens (including phenoxy) is 1. The van der Waals surface area contributed by atoms with E-state index in [1.54, 1.807) is 24.3 Å². The first-order chi connectivity index (χ1) is 13.6. The topological polar surface area (TPSA) is 81.5 Å². The summed E-state index contributed by atoms with van der Waals surface area (Å²) in [6.07, 6.45) is 3.06. The Kier molecular flexibility index (Phi) is 4.52. The van der Waals surface area contributed by atoms with Gasteiger partial charge in [0.2, 0.25) is 0 Å². The van der Waals surface area contributed by atoms with Crippen LogP contribution in [-0.4, -0.2) is 45.8 Å². The highest BCUT2D eigenvalue weighted by molar-refractivity contribution is 6.02. The van der Waals surface area contributed by atoms with Crippen molar-refractivity contribution in [3.8, 4) is 0 Å². The number of benzene rings is 1. The van der Waals surface area contributed by atoms with Crippen molar-refractivity contribution in [2.45, 2.75) is 46.1 Å². The fourth-order valence-electron chi connectivity index (χ4n) is 5.48. The molecular weight excluding hydrogens is 370 g/mol. The van der Waals surface area contributed by atoms with E-state index in [-0.39, 0.29) is 40.6 Å². The van der Waals surface area contributed by atoms with Crippen LogP contribution in [0.25, 0.3) is 10.8 Å². The van der Waals surface area contributed by atoms with Crippen LogP contribution in [0.3, 0.4) is 0 Å². The Bertz CT molecular complexity index is 1060. The fraction of sp³-hybridized carbons (Fsp3) is 0.545. The quantitative estimate of drug-likeness (QED) is 0.744. The van der Waals surface area contributed by atoms with Gasteiger partial charge in [0.1, 0.15) is 0 Å². The first-order valence-electron chi connectivity index (χ1n) is 10.0. The third-order valence-corrected chi connectivity index (χ3v) is 6.21. The number of hydrogen-bond acceptors (Lipinski definition) is 5. The van der Waals surface area contributed by atoms with Crippen LogP contribution in [0.2, 0.25) is 0 Å². The number of amides is 1. The Morgan fingerprint density at radius 2 is 1.86 bits per heavy atom.